The van der Waals surface area contributed by atoms with Gasteiger partial charge in [0.15, 0.2) is 0 Å². The van der Waals surface area contributed by atoms with Crippen molar-refractivity contribution in [3.63, 3.8) is 0 Å². The molecule has 188 valence electrons. The van der Waals surface area contributed by atoms with Crippen molar-refractivity contribution in [1.82, 2.24) is 4.98 Å². The van der Waals surface area contributed by atoms with Gasteiger partial charge in [-0.2, -0.15) is 0 Å². The van der Waals surface area contributed by atoms with Gasteiger partial charge in [0.1, 0.15) is 5.82 Å². The number of pyridine rings is 1. The van der Waals surface area contributed by atoms with E-state index in [-0.39, 0.29) is 11.2 Å². The summed E-state index contributed by atoms with van der Waals surface area (Å²) in [7, 11) is 0. The van der Waals surface area contributed by atoms with Gasteiger partial charge in [0.25, 0.3) is 0 Å². The smallest absolute Gasteiger partial charge is 0.133 e. The standard InChI is InChI=1S/C35H30FNS/c1-35(2,24-11-4-5-12-24)25-17-18-37-31(21-25)28-15-8-16-29-33-30(36)19-23(20-32(33)38-34(28)29)27-14-7-10-22-9-3-6-13-26(22)27/h3,6-10,13-21,24H,4-5,11-12H2,1-2H3. The second-order valence-corrected chi connectivity index (χ2v) is 12.3. The lowest BCUT2D eigenvalue weighted by Gasteiger charge is -2.32. The summed E-state index contributed by atoms with van der Waals surface area (Å²) in [4.78, 5) is 4.80. The maximum atomic E-state index is 15.8. The van der Waals surface area contributed by atoms with Crippen LogP contribution in [-0.4, -0.2) is 4.98 Å². The Balaban J connectivity index is 1.38. The van der Waals surface area contributed by atoms with Crippen LogP contribution in [0.2, 0.25) is 0 Å². The SMILES string of the molecule is CC(C)(c1ccnc(-c2cccc3c2sc2cc(-c4cccc5ccccc45)cc(F)c23)c1)C1CCCC1. The van der Waals surface area contributed by atoms with Gasteiger partial charge in [0.05, 0.1) is 5.69 Å². The van der Waals surface area contributed by atoms with Crippen LogP contribution in [0, 0.1) is 11.7 Å². The molecule has 3 heteroatoms. The fraction of sp³-hybridized carbons (Fsp3) is 0.229. The average Bonchev–Trinajstić information content (AvgIpc) is 3.62. The molecule has 0 bridgehead atoms. The molecule has 0 amide bonds. The number of benzene rings is 4. The lowest BCUT2D eigenvalue weighted by Crippen LogP contribution is -2.26. The predicted molar refractivity (Wildman–Crippen MR) is 160 cm³/mol. The Hall–Kier alpha value is -3.56. The van der Waals surface area contributed by atoms with Crippen LogP contribution in [0.15, 0.2) is 91.1 Å². The highest BCUT2D eigenvalue weighted by molar-refractivity contribution is 7.26. The Morgan fingerprint density at radius 1 is 0.816 bits per heavy atom. The van der Waals surface area contributed by atoms with Gasteiger partial charge in [-0.25, -0.2) is 4.39 Å². The number of fused-ring (bicyclic) bond motifs is 4. The molecule has 1 saturated carbocycles. The second kappa shape index (κ2) is 9.03. The first kappa shape index (κ1) is 23.5. The highest BCUT2D eigenvalue weighted by atomic mass is 32.1. The summed E-state index contributed by atoms with van der Waals surface area (Å²) in [6.45, 7) is 4.76. The van der Waals surface area contributed by atoms with E-state index in [1.165, 1.54) is 31.2 Å². The number of rotatable bonds is 4. The van der Waals surface area contributed by atoms with Crippen LogP contribution in [0.5, 0.6) is 0 Å². The van der Waals surface area contributed by atoms with Crippen molar-refractivity contribution >= 4 is 42.3 Å². The summed E-state index contributed by atoms with van der Waals surface area (Å²) >= 11 is 1.67. The van der Waals surface area contributed by atoms with Gasteiger partial charge < -0.3 is 0 Å². The van der Waals surface area contributed by atoms with Gasteiger partial charge in [0, 0.05) is 31.9 Å². The maximum Gasteiger partial charge on any atom is 0.133 e. The van der Waals surface area contributed by atoms with E-state index in [9.17, 15) is 0 Å². The summed E-state index contributed by atoms with van der Waals surface area (Å²) in [6.07, 6.45) is 7.22. The summed E-state index contributed by atoms with van der Waals surface area (Å²) in [5, 5.41) is 3.97. The zero-order valence-corrected chi connectivity index (χ0v) is 22.6. The van der Waals surface area contributed by atoms with E-state index in [1.54, 1.807) is 17.4 Å². The maximum absolute atomic E-state index is 15.8. The van der Waals surface area contributed by atoms with Crippen molar-refractivity contribution in [3.8, 4) is 22.4 Å². The molecule has 0 radical (unpaired) electrons. The largest absolute Gasteiger partial charge is 0.256 e. The topological polar surface area (TPSA) is 12.9 Å². The van der Waals surface area contributed by atoms with Crippen LogP contribution in [-0.2, 0) is 5.41 Å². The normalized spacial score (nSPS) is 14.7. The summed E-state index contributed by atoms with van der Waals surface area (Å²) in [5.74, 6) is 0.539. The number of halogens is 1. The molecule has 1 nitrogen and oxygen atoms in total. The van der Waals surface area contributed by atoms with Crippen molar-refractivity contribution in [2.45, 2.75) is 44.9 Å². The number of nitrogens with zero attached hydrogens (tertiary/aromatic N) is 1. The minimum absolute atomic E-state index is 0.113. The van der Waals surface area contributed by atoms with Crippen molar-refractivity contribution in [3.05, 3.63) is 103 Å². The average molecular weight is 516 g/mol. The van der Waals surface area contributed by atoms with Crippen LogP contribution in [0.3, 0.4) is 0 Å². The predicted octanol–water partition coefficient (Wildman–Crippen LogP) is 10.5. The molecule has 4 aromatic carbocycles. The molecule has 6 aromatic rings. The highest BCUT2D eigenvalue weighted by Crippen LogP contribution is 2.45. The van der Waals surface area contributed by atoms with E-state index in [1.807, 2.05) is 30.5 Å². The number of hydrogen-bond acceptors (Lipinski definition) is 2. The van der Waals surface area contributed by atoms with Gasteiger partial charge in [-0.05, 0) is 75.9 Å². The third-order valence-corrected chi connectivity index (χ3v) is 9.99. The molecule has 0 atom stereocenters. The van der Waals surface area contributed by atoms with Crippen molar-refractivity contribution in [2.75, 3.05) is 0 Å². The summed E-state index contributed by atoms with van der Waals surface area (Å²) < 4.78 is 17.9. The van der Waals surface area contributed by atoms with Gasteiger partial charge in [-0.15, -0.1) is 11.3 Å². The van der Waals surface area contributed by atoms with E-state index >= 15 is 4.39 Å². The monoisotopic (exact) mass is 515 g/mol. The molecule has 1 fully saturated rings. The van der Waals surface area contributed by atoms with E-state index in [0.717, 1.165) is 47.9 Å². The molecule has 0 spiro atoms. The minimum Gasteiger partial charge on any atom is -0.256 e. The lowest BCUT2D eigenvalue weighted by atomic mass is 9.72. The van der Waals surface area contributed by atoms with Crippen LogP contribution in [0.4, 0.5) is 4.39 Å². The molecule has 0 saturated heterocycles. The third-order valence-electron chi connectivity index (χ3n) is 8.81. The Bertz CT molecular complexity index is 1820. The third kappa shape index (κ3) is 3.75. The zero-order chi connectivity index (χ0) is 25.9. The molecule has 2 heterocycles. The highest BCUT2D eigenvalue weighted by Gasteiger charge is 2.33. The van der Waals surface area contributed by atoms with Crippen molar-refractivity contribution in [2.24, 2.45) is 5.92 Å². The van der Waals surface area contributed by atoms with Crippen molar-refractivity contribution in [1.29, 1.82) is 0 Å². The Morgan fingerprint density at radius 2 is 1.55 bits per heavy atom. The van der Waals surface area contributed by atoms with E-state index in [0.29, 0.717) is 11.3 Å². The van der Waals surface area contributed by atoms with Crippen LogP contribution in [0.1, 0.15) is 45.1 Å². The quantitative estimate of drug-likeness (QED) is 0.227. The molecular weight excluding hydrogens is 485 g/mol. The molecule has 7 rings (SSSR count). The van der Waals surface area contributed by atoms with E-state index < -0.39 is 0 Å². The van der Waals surface area contributed by atoms with Crippen LogP contribution in [0.25, 0.3) is 53.3 Å². The molecule has 38 heavy (non-hydrogen) atoms. The molecule has 2 aromatic heterocycles. The fourth-order valence-electron chi connectivity index (χ4n) is 6.57. The van der Waals surface area contributed by atoms with Crippen LogP contribution >= 0.6 is 11.3 Å². The number of hydrogen-bond donors (Lipinski definition) is 0. The first-order chi connectivity index (χ1) is 18.5. The fourth-order valence-corrected chi connectivity index (χ4v) is 7.85. The van der Waals surface area contributed by atoms with Gasteiger partial charge in [-0.1, -0.05) is 87.4 Å². The first-order valence-electron chi connectivity index (χ1n) is 13.6. The Morgan fingerprint density at radius 3 is 2.42 bits per heavy atom. The molecule has 1 aliphatic rings. The van der Waals surface area contributed by atoms with Gasteiger partial charge in [-0.3, -0.25) is 4.98 Å². The van der Waals surface area contributed by atoms with E-state index in [2.05, 4.69) is 68.4 Å². The second-order valence-electron chi connectivity index (χ2n) is 11.3. The number of aromatic nitrogens is 1. The molecular formula is C35H30FNS. The van der Waals surface area contributed by atoms with Gasteiger partial charge in [0.2, 0.25) is 0 Å². The van der Waals surface area contributed by atoms with Gasteiger partial charge >= 0.3 is 0 Å². The molecule has 0 N–H and O–H groups in total. The molecule has 0 aliphatic heterocycles. The summed E-state index contributed by atoms with van der Waals surface area (Å²) in [5.41, 5.74) is 5.49. The van der Waals surface area contributed by atoms with Crippen molar-refractivity contribution < 1.29 is 4.39 Å². The number of thiophene rings is 1. The molecule has 0 unspecified atom stereocenters. The Labute approximate surface area is 227 Å². The zero-order valence-electron chi connectivity index (χ0n) is 21.8. The minimum atomic E-state index is -0.169. The summed E-state index contributed by atoms with van der Waals surface area (Å²) in [6, 6.07) is 29.1. The van der Waals surface area contributed by atoms with Crippen LogP contribution < -0.4 is 0 Å². The van der Waals surface area contributed by atoms with E-state index in [4.69, 9.17) is 4.98 Å². The first-order valence-corrected chi connectivity index (χ1v) is 14.4. The molecule has 1 aliphatic carbocycles. The lowest BCUT2D eigenvalue weighted by molar-refractivity contribution is 0.325. The Kier molecular flexibility index (Phi) is 5.59.